The number of ether oxygens (including phenoxy) is 2. The third-order valence-electron chi connectivity index (χ3n) is 3.04. The van der Waals surface area contributed by atoms with Gasteiger partial charge in [0.2, 0.25) is 0 Å². The molecule has 0 aliphatic carbocycles. The van der Waals surface area contributed by atoms with Crippen LogP contribution in [0.25, 0.3) is 11.7 Å². The summed E-state index contributed by atoms with van der Waals surface area (Å²) >= 11 is 4.85. The van der Waals surface area contributed by atoms with Crippen molar-refractivity contribution in [2.45, 2.75) is 11.0 Å². The average Bonchev–Trinajstić information content (AvgIpc) is 3.24. The summed E-state index contributed by atoms with van der Waals surface area (Å²) in [6, 6.07) is 7.33. The number of hydrogen-bond donors (Lipinski definition) is 0. The van der Waals surface area contributed by atoms with Crippen LogP contribution in [0.15, 0.2) is 49.1 Å². The summed E-state index contributed by atoms with van der Waals surface area (Å²) in [5, 5.41) is 8.43. The van der Waals surface area contributed by atoms with Crippen LogP contribution >= 0.6 is 27.7 Å². The van der Waals surface area contributed by atoms with E-state index in [4.69, 9.17) is 18.3 Å². The maximum atomic E-state index is 5.57. The second-order valence-electron chi connectivity index (χ2n) is 4.44. The first-order chi connectivity index (χ1) is 11.2. The number of methoxy groups -OCH3 is 2. The highest BCUT2D eigenvalue weighted by atomic mass is 79.9. The van der Waals surface area contributed by atoms with Gasteiger partial charge >= 0.3 is 0 Å². The highest BCUT2D eigenvalue weighted by molar-refractivity contribution is 9.10. The van der Waals surface area contributed by atoms with Gasteiger partial charge in [0.05, 0.1) is 25.0 Å². The van der Waals surface area contributed by atoms with Crippen LogP contribution < -0.4 is 9.47 Å². The maximum Gasteiger partial charge on any atom is 0.284 e. The van der Waals surface area contributed by atoms with E-state index in [0.29, 0.717) is 22.6 Å². The molecule has 0 saturated carbocycles. The highest BCUT2D eigenvalue weighted by Gasteiger charge is 2.14. The van der Waals surface area contributed by atoms with Crippen molar-refractivity contribution in [1.29, 1.82) is 0 Å². The summed E-state index contributed by atoms with van der Waals surface area (Å²) < 4.78 is 22.3. The van der Waals surface area contributed by atoms with Crippen LogP contribution in [0, 0.1) is 0 Å². The molecule has 2 heterocycles. The van der Waals surface area contributed by atoms with Gasteiger partial charge in [0, 0.05) is 11.3 Å². The van der Waals surface area contributed by atoms with Gasteiger partial charge in [0.15, 0.2) is 5.76 Å². The Morgan fingerprint density at radius 2 is 2.00 bits per heavy atom. The van der Waals surface area contributed by atoms with Crippen LogP contribution in [0.5, 0.6) is 11.5 Å². The van der Waals surface area contributed by atoms with E-state index in [0.717, 1.165) is 21.5 Å². The molecule has 0 atom stereocenters. The van der Waals surface area contributed by atoms with Crippen LogP contribution in [-0.4, -0.2) is 24.4 Å². The minimum Gasteiger partial charge on any atom is -0.496 e. The van der Waals surface area contributed by atoms with E-state index in [1.165, 1.54) is 11.8 Å². The monoisotopic (exact) mass is 396 g/mol. The first kappa shape index (κ1) is 15.9. The molecule has 0 radical (unpaired) electrons. The Kier molecular flexibility index (Phi) is 4.92. The van der Waals surface area contributed by atoms with Gasteiger partial charge in [-0.25, -0.2) is 0 Å². The predicted molar refractivity (Wildman–Crippen MR) is 88.8 cm³/mol. The Hall–Kier alpha value is -1.93. The molecule has 1 aromatic carbocycles. The molecule has 0 aliphatic rings. The lowest BCUT2D eigenvalue weighted by atomic mass is 10.2. The molecule has 6 nitrogen and oxygen atoms in total. The van der Waals surface area contributed by atoms with Crippen molar-refractivity contribution in [3.8, 4) is 23.1 Å². The normalized spacial score (nSPS) is 10.7. The van der Waals surface area contributed by atoms with Crippen molar-refractivity contribution in [3.05, 3.63) is 40.6 Å². The molecule has 0 spiro atoms. The molecule has 3 aromatic rings. The van der Waals surface area contributed by atoms with Crippen LogP contribution in [0.4, 0.5) is 0 Å². The van der Waals surface area contributed by atoms with Gasteiger partial charge in [-0.1, -0.05) is 11.8 Å². The molecular formula is C15H13BrN2O4S. The van der Waals surface area contributed by atoms with Crippen LogP contribution in [0.3, 0.4) is 0 Å². The number of nitrogens with zero attached hydrogens (tertiary/aromatic N) is 2. The van der Waals surface area contributed by atoms with Gasteiger partial charge in [0.25, 0.3) is 11.1 Å². The lowest BCUT2D eigenvalue weighted by molar-refractivity contribution is 0.398. The molecule has 0 fully saturated rings. The Labute approximate surface area is 145 Å². The lowest BCUT2D eigenvalue weighted by Crippen LogP contribution is -1.93. The van der Waals surface area contributed by atoms with E-state index >= 15 is 0 Å². The molecule has 0 amide bonds. The van der Waals surface area contributed by atoms with E-state index in [2.05, 4.69) is 26.1 Å². The van der Waals surface area contributed by atoms with Crippen molar-refractivity contribution in [2.24, 2.45) is 0 Å². The third-order valence-corrected chi connectivity index (χ3v) is 4.53. The van der Waals surface area contributed by atoms with E-state index in [1.807, 2.05) is 12.1 Å². The zero-order chi connectivity index (χ0) is 16.2. The van der Waals surface area contributed by atoms with Gasteiger partial charge in [-0.05, 0) is 40.2 Å². The first-order valence-corrected chi connectivity index (χ1v) is 8.39. The summed E-state index contributed by atoms with van der Waals surface area (Å²) in [7, 11) is 3.25. The molecule has 0 saturated heterocycles. The number of benzene rings is 1. The average molecular weight is 397 g/mol. The van der Waals surface area contributed by atoms with Crippen molar-refractivity contribution >= 4 is 27.7 Å². The molecule has 3 rings (SSSR count). The van der Waals surface area contributed by atoms with E-state index in [1.54, 1.807) is 32.6 Å². The Morgan fingerprint density at radius 3 is 2.70 bits per heavy atom. The number of rotatable bonds is 6. The molecule has 2 aromatic heterocycles. The third kappa shape index (κ3) is 3.53. The van der Waals surface area contributed by atoms with Gasteiger partial charge in [-0.15, -0.1) is 10.2 Å². The molecule has 0 bridgehead atoms. The largest absolute Gasteiger partial charge is 0.496 e. The van der Waals surface area contributed by atoms with Crippen molar-refractivity contribution < 1.29 is 18.3 Å². The predicted octanol–water partition coefficient (Wildman–Crippen LogP) is 4.40. The highest BCUT2D eigenvalue weighted by Crippen LogP contribution is 2.36. The second kappa shape index (κ2) is 7.10. The zero-order valence-corrected chi connectivity index (χ0v) is 14.8. The molecule has 120 valence electrons. The Balaban J connectivity index is 1.75. The number of hydrogen-bond acceptors (Lipinski definition) is 7. The number of furan rings is 1. The first-order valence-electron chi connectivity index (χ1n) is 6.62. The topological polar surface area (TPSA) is 70.5 Å². The Morgan fingerprint density at radius 1 is 1.17 bits per heavy atom. The molecular weight excluding hydrogens is 384 g/mol. The standard InChI is InChI=1S/C15H13BrN2O4S/c1-19-12-7-10(16)13(20-2)6-9(12)8-23-15-18-17-14(22-15)11-4-3-5-21-11/h3-7H,8H2,1-2H3. The van der Waals surface area contributed by atoms with Crippen molar-refractivity contribution in [1.82, 2.24) is 10.2 Å². The van der Waals surface area contributed by atoms with Crippen molar-refractivity contribution in [3.63, 3.8) is 0 Å². The summed E-state index contributed by atoms with van der Waals surface area (Å²) in [6.07, 6.45) is 1.56. The molecule has 0 aliphatic heterocycles. The number of halogens is 1. The number of aromatic nitrogens is 2. The quantitative estimate of drug-likeness (QED) is 0.571. The lowest BCUT2D eigenvalue weighted by Gasteiger charge is -2.11. The molecule has 8 heteroatoms. The van der Waals surface area contributed by atoms with E-state index < -0.39 is 0 Å². The SMILES string of the molecule is COc1cc(CSc2nnc(-c3ccco3)o2)c(OC)cc1Br. The summed E-state index contributed by atoms with van der Waals surface area (Å²) in [4.78, 5) is 0. The summed E-state index contributed by atoms with van der Waals surface area (Å²) in [5.74, 6) is 3.01. The minimum atomic E-state index is 0.359. The van der Waals surface area contributed by atoms with Gasteiger partial charge in [0.1, 0.15) is 11.5 Å². The van der Waals surface area contributed by atoms with Gasteiger partial charge in [-0.3, -0.25) is 0 Å². The molecule has 23 heavy (non-hydrogen) atoms. The number of thioether (sulfide) groups is 1. The minimum absolute atomic E-state index is 0.359. The Bertz CT molecular complexity index is 789. The van der Waals surface area contributed by atoms with Crippen LogP contribution in [0.2, 0.25) is 0 Å². The van der Waals surface area contributed by atoms with Crippen molar-refractivity contribution in [2.75, 3.05) is 14.2 Å². The van der Waals surface area contributed by atoms with Crippen LogP contribution in [-0.2, 0) is 5.75 Å². The smallest absolute Gasteiger partial charge is 0.284 e. The van der Waals surface area contributed by atoms with E-state index in [9.17, 15) is 0 Å². The van der Waals surface area contributed by atoms with Gasteiger partial charge < -0.3 is 18.3 Å². The van der Waals surface area contributed by atoms with Crippen LogP contribution in [0.1, 0.15) is 5.56 Å². The maximum absolute atomic E-state index is 5.57. The molecule has 0 unspecified atom stereocenters. The van der Waals surface area contributed by atoms with E-state index in [-0.39, 0.29) is 0 Å². The van der Waals surface area contributed by atoms with Gasteiger partial charge in [-0.2, -0.15) is 0 Å². The summed E-state index contributed by atoms with van der Waals surface area (Å²) in [6.45, 7) is 0. The molecule has 0 N–H and O–H groups in total. The fourth-order valence-corrected chi connectivity index (χ4v) is 3.17. The fourth-order valence-electron chi connectivity index (χ4n) is 1.94. The zero-order valence-electron chi connectivity index (χ0n) is 12.4. The summed E-state index contributed by atoms with van der Waals surface area (Å²) in [5.41, 5.74) is 0.968. The fraction of sp³-hybridized carbons (Fsp3) is 0.200. The second-order valence-corrected chi connectivity index (χ2v) is 6.22.